The van der Waals surface area contributed by atoms with Gasteiger partial charge in [-0.25, -0.2) is 4.99 Å². The molecule has 1 aliphatic rings. The molecule has 1 saturated carbocycles. The highest BCUT2D eigenvalue weighted by Crippen LogP contribution is 2.51. The standard InChI is InChI=1S/C20H30N6OS/c1-16-24-25-18(26(16)2)14-22-19(21-12-7-13-27-3)23-15-20(10-11-20)28-17-8-5-4-6-9-17/h4-6,8-9H,7,10-15H2,1-3H3,(H2,21,22,23). The fourth-order valence-electron chi connectivity index (χ4n) is 2.77. The van der Waals surface area contributed by atoms with Crippen LogP contribution >= 0.6 is 11.8 Å². The summed E-state index contributed by atoms with van der Waals surface area (Å²) in [5.41, 5.74) is 0. The highest BCUT2D eigenvalue weighted by atomic mass is 32.2. The average molecular weight is 403 g/mol. The van der Waals surface area contributed by atoms with E-state index in [0.29, 0.717) is 6.54 Å². The molecule has 7 nitrogen and oxygen atoms in total. The Balaban J connectivity index is 1.58. The molecule has 2 aromatic rings. The van der Waals surface area contributed by atoms with Crippen molar-refractivity contribution in [1.82, 2.24) is 25.4 Å². The number of thioether (sulfide) groups is 1. The fourth-order valence-corrected chi connectivity index (χ4v) is 4.02. The Hall–Kier alpha value is -2.06. The Morgan fingerprint density at radius 3 is 2.68 bits per heavy atom. The second-order valence-electron chi connectivity index (χ2n) is 7.11. The number of methoxy groups -OCH3 is 1. The number of aliphatic imine (C=N–C) groups is 1. The zero-order valence-corrected chi connectivity index (χ0v) is 17.8. The zero-order chi connectivity index (χ0) is 19.8. The zero-order valence-electron chi connectivity index (χ0n) is 16.9. The van der Waals surface area contributed by atoms with Gasteiger partial charge >= 0.3 is 0 Å². The largest absolute Gasteiger partial charge is 0.385 e. The number of nitrogens with zero attached hydrogens (tertiary/aromatic N) is 4. The lowest BCUT2D eigenvalue weighted by Crippen LogP contribution is -2.41. The number of hydrogen-bond donors (Lipinski definition) is 2. The van der Waals surface area contributed by atoms with Crippen LogP contribution < -0.4 is 10.6 Å². The lowest BCUT2D eigenvalue weighted by Gasteiger charge is -2.18. The number of aryl methyl sites for hydroxylation is 1. The number of nitrogens with one attached hydrogen (secondary N) is 2. The molecule has 1 aromatic heterocycles. The van der Waals surface area contributed by atoms with Crippen LogP contribution in [0, 0.1) is 6.92 Å². The molecule has 0 saturated heterocycles. The molecule has 0 amide bonds. The molecule has 0 spiro atoms. The van der Waals surface area contributed by atoms with Gasteiger partial charge in [-0.05, 0) is 38.3 Å². The third-order valence-corrected chi connectivity index (χ3v) is 6.34. The first kappa shape index (κ1) is 20.7. The second-order valence-corrected chi connectivity index (χ2v) is 8.65. The van der Waals surface area contributed by atoms with Crippen molar-refractivity contribution in [2.45, 2.75) is 42.4 Å². The van der Waals surface area contributed by atoms with Gasteiger partial charge in [0.25, 0.3) is 0 Å². The fraction of sp³-hybridized carbons (Fsp3) is 0.550. The van der Waals surface area contributed by atoms with Gasteiger partial charge in [0.15, 0.2) is 11.8 Å². The van der Waals surface area contributed by atoms with Crippen LogP contribution in [0.5, 0.6) is 0 Å². The van der Waals surface area contributed by atoms with Crippen molar-refractivity contribution in [3.05, 3.63) is 42.0 Å². The molecular formula is C20H30N6OS. The molecule has 152 valence electrons. The van der Waals surface area contributed by atoms with Crippen molar-refractivity contribution >= 4 is 17.7 Å². The molecule has 1 heterocycles. The van der Waals surface area contributed by atoms with Crippen LogP contribution in [0.3, 0.4) is 0 Å². The third-order valence-electron chi connectivity index (χ3n) is 4.84. The number of hydrogen-bond acceptors (Lipinski definition) is 5. The van der Waals surface area contributed by atoms with E-state index < -0.39 is 0 Å². The first-order valence-electron chi connectivity index (χ1n) is 9.72. The maximum absolute atomic E-state index is 5.14. The molecule has 3 rings (SSSR count). The van der Waals surface area contributed by atoms with Crippen LogP contribution in [0.4, 0.5) is 0 Å². The Kier molecular flexibility index (Phi) is 7.33. The van der Waals surface area contributed by atoms with Crippen LogP contribution in [0.25, 0.3) is 0 Å². The van der Waals surface area contributed by atoms with E-state index in [4.69, 9.17) is 9.73 Å². The van der Waals surface area contributed by atoms with Crippen LogP contribution in [0.15, 0.2) is 40.2 Å². The first-order chi connectivity index (χ1) is 13.6. The molecular weight excluding hydrogens is 372 g/mol. The minimum absolute atomic E-state index is 0.262. The van der Waals surface area contributed by atoms with E-state index in [1.807, 2.05) is 30.3 Å². The lowest BCUT2D eigenvalue weighted by atomic mass is 10.4. The Labute approximate surface area is 171 Å². The summed E-state index contributed by atoms with van der Waals surface area (Å²) in [5, 5.41) is 15.2. The maximum Gasteiger partial charge on any atom is 0.191 e. The number of aromatic nitrogens is 3. The van der Waals surface area contributed by atoms with E-state index >= 15 is 0 Å². The van der Waals surface area contributed by atoms with Gasteiger partial charge in [-0.2, -0.15) is 0 Å². The Morgan fingerprint density at radius 1 is 1.25 bits per heavy atom. The van der Waals surface area contributed by atoms with Gasteiger partial charge in [0.1, 0.15) is 12.4 Å². The summed E-state index contributed by atoms with van der Waals surface area (Å²) in [6, 6.07) is 10.6. The first-order valence-corrected chi connectivity index (χ1v) is 10.5. The summed E-state index contributed by atoms with van der Waals surface area (Å²) in [6.45, 7) is 4.88. The van der Waals surface area contributed by atoms with Crippen molar-refractivity contribution < 1.29 is 4.74 Å². The van der Waals surface area contributed by atoms with Gasteiger partial charge in [-0.1, -0.05) is 18.2 Å². The molecule has 0 bridgehead atoms. The highest BCUT2D eigenvalue weighted by Gasteiger charge is 2.43. The number of ether oxygens (including phenoxy) is 1. The third kappa shape index (κ3) is 5.97. The number of guanidine groups is 1. The summed E-state index contributed by atoms with van der Waals surface area (Å²) in [4.78, 5) is 6.05. The van der Waals surface area contributed by atoms with Crippen molar-refractivity contribution in [2.75, 3.05) is 26.8 Å². The molecule has 0 atom stereocenters. The SMILES string of the molecule is COCCCNC(=NCc1nnc(C)n1C)NCC1(Sc2ccccc2)CC1. The summed E-state index contributed by atoms with van der Waals surface area (Å²) >= 11 is 1.96. The van der Waals surface area contributed by atoms with Gasteiger partial charge in [-0.3, -0.25) is 0 Å². The van der Waals surface area contributed by atoms with E-state index in [-0.39, 0.29) is 4.75 Å². The van der Waals surface area contributed by atoms with E-state index in [1.54, 1.807) is 7.11 Å². The summed E-state index contributed by atoms with van der Waals surface area (Å²) in [5.74, 6) is 2.57. The van der Waals surface area contributed by atoms with Gasteiger partial charge in [0, 0.05) is 43.5 Å². The molecule has 0 radical (unpaired) electrons. The topological polar surface area (TPSA) is 76.4 Å². The molecule has 1 fully saturated rings. The molecule has 0 unspecified atom stereocenters. The number of rotatable bonds is 10. The van der Waals surface area contributed by atoms with Gasteiger partial charge in [-0.15, -0.1) is 22.0 Å². The van der Waals surface area contributed by atoms with Crippen molar-refractivity contribution in [3.63, 3.8) is 0 Å². The molecule has 1 aromatic carbocycles. The molecule has 8 heteroatoms. The predicted molar refractivity (Wildman–Crippen MR) is 114 cm³/mol. The summed E-state index contributed by atoms with van der Waals surface area (Å²) < 4.78 is 7.37. The maximum atomic E-state index is 5.14. The predicted octanol–water partition coefficient (Wildman–Crippen LogP) is 2.52. The minimum atomic E-state index is 0.262. The molecule has 1 aliphatic carbocycles. The Morgan fingerprint density at radius 2 is 2.04 bits per heavy atom. The molecule has 28 heavy (non-hydrogen) atoms. The second kappa shape index (κ2) is 9.93. The molecule has 2 N–H and O–H groups in total. The highest BCUT2D eigenvalue weighted by molar-refractivity contribution is 8.01. The van der Waals surface area contributed by atoms with Gasteiger partial charge in [0.2, 0.25) is 0 Å². The normalized spacial score (nSPS) is 15.5. The van der Waals surface area contributed by atoms with Crippen LogP contribution in [-0.4, -0.2) is 52.3 Å². The van der Waals surface area contributed by atoms with Crippen molar-refractivity contribution in [1.29, 1.82) is 0 Å². The van der Waals surface area contributed by atoms with Crippen molar-refractivity contribution in [3.8, 4) is 0 Å². The van der Waals surface area contributed by atoms with Crippen LogP contribution in [0.1, 0.15) is 30.9 Å². The van der Waals surface area contributed by atoms with E-state index in [9.17, 15) is 0 Å². The molecule has 0 aliphatic heterocycles. The summed E-state index contributed by atoms with van der Waals surface area (Å²) in [6.07, 6.45) is 3.38. The smallest absolute Gasteiger partial charge is 0.191 e. The van der Waals surface area contributed by atoms with Crippen LogP contribution in [0.2, 0.25) is 0 Å². The van der Waals surface area contributed by atoms with Gasteiger partial charge in [0.05, 0.1) is 0 Å². The van der Waals surface area contributed by atoms with Gasteiger partial charge < -0.3 is 19.9 Å². The van der Waals surface area contributed by atoms with E-state index in [1.165, 1.54) is 17.7 Å². The van der Waals surface area contributed by atoms with Crippen molar-refractivity contribution in [2.24, 2.45) is 12.0 Å². The van der Waals surface area contributed by atoms with E-state index in [2.05, 4.69) is 51.2 Å². The lowest BCUT2D eigenvalue weighted by molar-refractivity contribution is 0.195. The average Bonchev–Trinajstić information content (AvgIpc) is 3.40. The minimum Gasteiger partial charge on any atom is -0.385 e. The monoisotopic (exact) mass is 402 g/mol. The quantitative estimate of drug-likeness (QED) is 0.361. The number of benzene rings is 1. The van der Waals surface area contributed by atoms with E-state index in [0.717, 1.165) is 43.7 Å². The van der Waals surface area contributed by atoms with Crippen LogP contribution in [-0.2, 0) is 18.3 Å². The summed E-state index contributed by atoms with van der Waals surface area (Å²) in [7, 11) is 3.69. The Bertz CT molecular complexity index is 772.